The molecule has 1 amide bonds. The molecule has 1 rings (SSSR count). The van der Waals surface area contributed by atoms with Gasteiger partial charge in [-0.05, 0) is 29.5 Å². The van der Waals surface area contributed by atoms with E-state index in [1.54, 1.807) is 0 Å². The Hall–Kier alpha value is -1.35. The Balaban J connectivity index is 2.54. The van der Waals surface area contributed by atoms with E-state index in [0.29, 0.717) is 12.2 Å². The molecule has 0 aliphatic rings. The Kier molecular flexibility index (Phi) is 5.35. The lowest BCUT2D eigenvalue weighted by Crippen LogP contribution is -2.24. The highest BCUT2D eigenvalue weighted by molar-refractivity contribution is 5.93. The number of amides is 1. The first-order valence-corrected chi connectivity index (χ1v) is 6.48. The average molecular weight is 249 g/mol. The van der Waals surface area contributed by atoms with Crippen molar-refractivity contribution >= 4 is 5.91 Å². The van der Waals surface area contributed by atoms with Crippen LogP contribution in [0.1, 0.15) is 56.5 Å². The first kappa shape index (κ1) is 14.7. The quantitative estimate of drug-likeness (QED) is 0.641. The number of benzene rings is 1. The number of hydroxylamine groups is 1. The highest BCUT2D eigenvalue weighted by Crippen LogP contribution is 2.22. The fourth-order valence-corrected chi connectivity index (χ4v) is 1.51. The van der Waals surface area contributed by atoms with E-state index >= 15 is 0 Å². The SMILES string of the molecule is CCCCONC(=O)c1ccc(C(C)(C)C)cc1. The van der Waals surface area contributed by atoms with Crippen molar-refractivity contribution in [2.45, 2.75) is 46.0 Å². The lowest BCUT2D eigenvalue weighted by Gasteiger charge is -2.19. The summed E-state index contributed by atoms with van der Waals surface area (Å²) >= 11 is 0. The summed E-state index contributed by atoms with van der Waals surface area (Å²) in [5, 5.41) is 0. The van der Waals surface area contributed by atoms with Gasteiger partial charge in [-0.15, -0.1) is 0 Å². The van der Waals surface area contributed by atoms with Crippen LogP contribution in [0.4, 0.5) is 0 Å². The predicted octanol–water partition coefficient (Wildman–Crippen LogP) is 3.45. The molecule has 1 aromatic rings. The van der Waals surface area contributed by atoms with E-state index in [9.17, 15) is 4.79 Å². The molecule has 100 valence electrons. The van der Waals surface area contributed by atoms with E-state index in [-0.39, 0.29) is 11.3 Å². The second-order valence-electron chi connectivity index (χ2n) is 5.46. The Morgan fingerprint density at radius 3 is 2.33 bits per heavy atom. The van der Waals surface area contributed by atoms with Gasteiger partial charge in [-0.1, -0.05) is 46.2 Å². The molecule has 0 heterocycles. The minimum atomic E-state index is -0.188. The van der Waals surface area contributed by atoms with Gasteiger partial charge in [0.1, 0.15) is 0 Å². The van der Waals surface area contributed by atoms with Crippen molar-refractivity contribution in [3.63, 3.8) is 0 Å². The third kappa shape index (κ3) is 4.49. The van der Waals surface area contributed by atoms with Gasteiger partial charge in [-0.3, -0.25) is 9.63 Å². The predicted molar refractivity (Wildman–Crippen MR) is 73.5 cm³/mol. The highest BCUT2D eigenvalue weighted by atomic mass is 16.6. The minimum absolute atomic E-state index is 0.104. The van der Waals surface area contributed by atoms with Crippen LogP contribution in [0, 0.1) is 0 Å². The third-order valence-electron chi connectivity index (χ3n) is 2.78. The average Bonchev–Trinajstić information content (AvgIpc) is 2.33. The molecule has 18 heavy (non-hydrogen) atoms. The molecule has 0 atom stereocenters. The summed E-state index contributed by atoms with van der Waals surface area (Å²) < 4.78 is 0. The molecule has 0 spiro atoms. The largest absolute Gasteiger partial charge is 0.274 e. The number of unbranched alkanes of at least 4 members (excludes halogenated alkanes) is 1. The first-order valence-electron chi connectivity index (χ1n) is 6.48. The van der Waals surface area contributed by atoms with Gasteiger partial charge in [0.2, 0.25) is 0 Å². The molecule has 0 bridgehead atoms. The zero-order chi connectivity index (χ0) is 13.6. The second kappa shape index (κ2) is 6.55. The Labute approximate surface area is 109 Å². The van der Waals surface area contributed by atoms with Crippen LogP contribution in [0.15, 0.2) is 24.3 Å². The van der Waals surface area contributed by atoms with Crippen LogP contribution in [-0.4, -0.2) is 12.5 Å². The highest BCUT2D eigenvalue weighted by Gasteiger charge is 2.14. The molecule has 0 radical (unpaired) electrons. The van der Waals surface area contributed by atoms with Crippen LogP contribution in [-0.2, 0) is 10.3 Å². The fourth-order valence-electron chi connectivity index (χ4n) is 1.51. The fraction of sp³-hybridized carbons (Fsp3) is 0.533. The van der Waals surface area contributed by atoms with Gasteiger partial charge in [0, 0.05) is 5.56 Å². The van der Waals surface area contributed by atoms with Gasteiger partial charge in [0.05, 0.1) is 6.61 Å². The van der Waals surface area contributed by atoms with Crippen molar-refractivity contribution in [2.24, 2.45) is 0 Å². The molecule has 0 saturated heterocycles. The number of nitrogens with one attached hydrogen (secondary N) is 1. The molecule has 1 N–H and O–H groups in total. The third-order valence-corrected chi connectivity index (χ3v) is 2.78. The van der Waals surface area contributed by atoms with Crippen molar-refractivity contribution < 1.29 is 9.63 Å². The van der Waals surface area contributed by atoms with E-state index in [1.165, 1.54) is 5.56 Å². The molecular formula is C15H23NO2. The summed E-state index contributed by atoms with van der Waals surface area (Å²) in [6.45, 7) is 9.08. The van der Waals surface area contributed by atoms with E-state index in [0.717, 1.165) is 12.8 Å². The van der Waals surface area contributed by atoms with Gasteiger partial charge in [-0.25, -0.2) is 5.48 Å². The standard InChI is InChI=1S/C15H23NO2/c1-5-6-11-18-16-14(17)12-7-9-13(10-8-12)15(2,3)4/h7-10H,5-6,11H2,1-4H3,(H,16,17). The molecule has 0 aliphatic heterocycles. The summed E-state index contributed by atoms with van der Waals surface area (Å²) in [5.74, 6) is -0.188. The van der Waals surface area contributed by atoms with E-state index in [2.05, 4.69) is 33.2 Å². The second-order valence-corrected chi connectivity index (χ2v) is 5.46. The maximum absolute atomic E-state index is 11.7. The van der Waals surface area contributed by atoms with Crippen molar-refractivity contribution in [1.29, 1.82) is 0 Å². The zero-order valence-electron chi connectivity index (χ0n) is 11.7. The van der Waals surface area contributed by atoms with E-state index in [1.807, 2.05) is 24.3 Å². The van der Waals surface area contributed by atoms with Gasteiger partial charge < -0.3 is 0 Å². The molecule has 0 aliphatic carbocycles. The van der Waals surface area contributed by atoms with Crippen LogP contribution in [0.25, 0.3) is 0 Å². The number of hydrogen-bond donors (Lipinski definition) is 1. The van der Waals surface area contributed by atoms with Gasteiger partial charge in [0.25, 0.3) is 5.91 Å². The lowest BCUT2D eigenvalue weighted by molar-refractivity contribution is 0.0302. The first-order chi connectivity index (χ1) is 8.45. The van der Waals surface area contributed by atoms with Crippen molar-refractivity contribution in [3.8, 4) is 0 Å². The molecule has 0 aromatic heterocycles. The molecule has 3 heteroatoms. The van der Waals surface area contributed by atoms with Crippen molar-refractivity contribution in [3.05, 3.63) is 35.4 Å². The molecule has 1 aromatic carbocycles. The van der Waals surface area contributed by atoms with Crippen LogP contribution in [0.5, 0.6) is 0 Å². The summed E-state index contributed by atoms with van der Waals surface area (Å²) in [5.41, 5.74) is 4.40. The monoisotopic (exact) mass is 249 g/mol. The lowest BCUT2D eigenvalue weighted by atomic mass is 9.87. The van der Waals surface area contributed by atoms with Gasteiger partial charge in [0.15, 0.2) is 0 Å². The Bertz CT molecular complexity index is 376. The minimum Gasteiger partial charge on any atom is -0.273 e. The smallest absolute Gasteiger partial charge is 0.273 e. The summed E-state index contributed by atoms with van der Waals surface area (Å²) in [6.07, 6.45) is 2.00. The molecule has 0 fully saturated rings. The topological polar surface area (TPSA) is 38.3 Å². The van der Waals surface area contributed by atoms with E-state index in [4.69, 9.17) is 4.84 Å². The molecule has 0 saturated carbocycles. The normalized spacial score (nSPS) is 11.3. The molecular weight excluding hydrogens is 226 g/mol. The number of rotatable bonds is 5. The van der Waals surface area contributed by atoms with Gasteiger partial charge in [-0.2, -0.15) is 0 Å². The van der Waals surface area contributed by atoms with Gasteiger partial charge >= 0.3 is 0 Å². The number of carbonyl (C=O) groups excluding carboxylic acids is 1. The summed E-state index contributed by atoms with van der Waals surface area (Å²) in [6, 6.07) is 7.64. The zero-order valence-corrected chi connectivity index (χ0v) is 11.7. The maximum Gasteiger partial charge on any atom is 0.274 e. The summed E-state index contributed by atoms with van der Waals surface area (Å²) in [7, 11) is 0. The van der Waals surface area contributed by atoms with Crippen LogP contribution < -0.4 is 5.48 Å². The Morgan fingerprint density at radius 1 is 1.22 bits per heavy atom. The molecule has 3 nitrogen and oxygen atoms in total. The van der Waals surface area contributed by atoms with Crippen molar-refractivity contribution in [1.82, 2.24) is 5.48 Å². The number of carbonyl (C=O) groups is 1. The van der Waals surface area contributed by atoms with Crippen LogP contribution in [0.3, 0.4) is 0 Å². The number of hydrogen-bond acceptors (Lipinski definition) is 2. The maximum atomic E-state index is 11.7. The van der Waals surface area contributed by atoms with Crippen LogP contribution in [0.2, 0.25) is 0 Å². The summed E-state index contributed by atoms with van der Waals surface area (Å²) in [4.78, 5) is 16.8. The van der Waals surface area contributed by atoms with E-state index < -0.39 is 0 Å². The molecule has 0 unspecified atom stereocenters. The Morgan fingerprint density at radius 2 is 1.83 bits per heavy atom. The van der Waals surface area contributed by atoms with Crippen LogP contribution >= 0.6 is 0 Å². The van der Waals surface area contributed by atoms with Crippen molar-refractivity contribution in [2.75, 3.05) is 6.61 Å².